The third-order valence-corrected chi connectivity index (χ3v) is 4.70. The van der Waals surface area contributed by atoms with Crippen LogP contribution in [0, 0.1) is 11.6 Å². The summed E-state index contributed by atoms with van der Waals surface area (Å²) in [4.78, 5) is 10.8. The topological polar surface area (TPSA) is 63.7 Å². The number of sulfonamides is 1. The normalized spacial score (nSPS) is 12.0. The van der Waals surface area contributed by atoms with E-state index in [0.29, 0.717) is 6.07 Å². The number of hydrogen-bond acceptors (Lipinski definition) is 4. The highest BCUT2D eigenvalue weighted by Gasteiger charge is 2.31. The van der Waals surface area contributed by atoms with Crippen molar-refractivity contribution in [1.82, 2.24) is 4.31 Å². The Morgan fingerprint density at radius 3 is 2.43 bits per heavy atom. The van der Waals surface area contributed by atoms with Crippen LogP contribution in [-0.2, 0) is 19.6 Å². The molecule has 8 heteroatoms. The zero-order valence-electron chi connectivity index (χ0n) is 12.0. The van der Waals surface area contributed by atoms with Crippen molar-refractivity contribution in [2.24, 2.45) is 0 Å². The lowest BCUT2D eigenvalue weighted by molar-refractivity contribution is -0.143. The average Bonchev–Trinajstić information content (AvgIpc) is 2.35. The molecule has 0 aliphatic heterocycles. The summed E-state index contributed by atoms with van der Waals surface area (Å²) in [5, 5.41) is 0. The third-order valence-electron chi connectivity index (χ3n) is 2.65. The molecular formula is C13H17F2NO4S. The maximum absolute atomic E-state index is 13.7. The molecule has 0 heterocycles. The van der Waals surface area contributed by atoms with Gasteiger partial charge in [0, 0.05) is 12.1 Å². The highest BCUT2D eigenvalue weighted by atomic mass is 32.2. The predicted molar refractivity (Wildman–Crippen MR) is 72.0 cm³/mol. The van der Waals surface area contributed by atoms with Gasteiger partial charge in [-0.1, -0.05) is 0 Å². The molecule has 0 fully saturated rings. The van der Waals surface area contributed by atoms with E-state index in [1.165, 1.54) is 13.8 Å². The van der Waals surface area contributed by atoms with Gasteiger partial charge in [0.15, 0.2) is 0 Å². The number of esters is 1. The highest BCUT2D eigenvalue weighted by molar-refractivity contribution is 7.89. The Hall–Kier alpha value is -1.54. The standard InChI is InChI=1S/C13H17F2NO4S/c1-4-20-13(17)8-16(9(2)3)21(18,19)12-6-5-10(14)7-11(12)15/h5-7,9H,4,8H2,1-3H3. The van der Waals surface area contributed by atoms with E-state index in [1.807, 2.05) is 0 Å². The van der Waals surface area contributed by atoms with Crippen LogP contribution in [0.4, 0.5) is 8.78 Å². The molecule has 0 saturated heterocycles. The van der Waals surface area contributed by atoms with Crippen molar-refractivity contribution < 1.29 is 26.7 Å². The van der Waals surface area contributed by atoms with E-state index < -0.39 is 45.1 Å². The summed E-state index contributed by atoms with van der Waals surface area (Å²) in [7, 11) is -4.27. The van der Waals surface area contributed by atoms with Crippen LogP contribution in [0.2, 0.25) is 0 Å². The summed E-state index contributed by atoms with van der Waals surface area (Å²) in [5.74, 6) is -2.82. The lowest BCUT2D eigenvalue weighted by Crippen LogP contribution is -2.41. The minimum Gasteiger partial charge on any atom is -0.465 e. The van der Waals surface area contributed by atoms with Gasteiger partial charge in [0.05, 0.1) is 6.61 Å². The van der Waals surface area contributed by atoms with Crippen LogP contribution in [0.15, 0.2) is 23.1 Å². The van der Waals surface area contributed by atoms with Gasteiger partial charge in [-0.3, -0.25) is 4.79 Å². The van der Waals surface area contributed by atoms with E-state index in [9.17, 15) is 22.0 Å². The number of hydrogen-bond donors (Lipinski definition) is 0. The monoisotopic (exact) mass is 321 g/mol. The number of rotatable bonds is 6. The molecule has 0 aromatic heterocycles. The van der Waals surface area contributed by atoms with E-state index in [2.05, 4.69) is 0 Å². The fourth-order valence-corrected chi connectivity index (χ4v) is 3.32. The van der Waals surface area contributed by atoms with Crippen LogP contribution in [-0.4, -0.2) is 37.9 Å². The Morgan fingerprint density at radius 1 is 1.33 bits per heavy atom. The quantitative estimate of drug-likeness (QED) is 0.751. The highest BCUT2D eigenvalue weighted by Crippen LogP contribution is 2.22. The maximum atomic E-state index is 13.7. The largest absolute Gasteiger partial charge is 0.465 e. The van der Waals surface area contributed by atoms with Crippen molar-refractivity contribution >= 4 is 16.0 Å². The first kappa shape index (κ1) is 17.5. The number of carbonyl (C=O) groups excluding carboxylic acids is 1. The first-order valence-electron chi connectivity index (χ1n) is 6.32. The molecule has 1 aromatic rings. The molecule has 0 N–H and O–H groups in total. The van der Waals surface area contributed by atoms with Gasteiger partial charge in [-0.25, -0.2) is 17.2 Å². The number of halogens is 2. The molecule has 5 nitrogen and oxygen atoms in total. The van der Waals surface area contributed by atoms with Crippen LogP contribution in [0.1, 0.15) is 20.8 Å². The van der Waals surface area contributed by atoms with Gasteiger partial charge in [-0.2, -0.15) is 4.31 Å². The summed E-state index contributed by atoms with van der Waals surface area (Å²) in [6.45, 7) is 4.24. The molecule has 118 valence electrons. The first-order valence-corrected chi connectivity index (χ1v) is 7.76. The molecule has 0 spiro atoms. The summed E-state index contributed by atoms with van der Waals surface area (Å²) in [6.07, 6.45) is 0. The van der Waals surface area contributed by atoms with Crippen molar-refractivity contribution in [2.75, 3.05) is 13.2 Å². The molecular weight excluding hydrogens is 304 g/mol. The van der Waals surface area contributed by atoms with E-state index in [4.69, 9.17) is 4.74 Å². The minimum atomic E-state index is -4.27. The van der Waals surface area contributed by atoms with Crippen LogP contribution in [0.5, 0.6) is 0 Å². The predicted octanol–water partition coefficient (Wildman–Crippen LogP) is 1.93. The third kappa shape index (κ3) is 4.21. The Kier molecular flexibility index (Phi) is 5.79. The summed E-state index contributed by atoms with van der Waals surface area (Å²) in [6, 6.07) is 1.57. The van der Waals surface area contributed by atoms with E-state index >= 15 is 0 Å². The zero-order chi connectivity index (χ0) is 16.2. The van der Waals surface area contributed by atoms with Crippen LogP contribution in [0.25, 0.3) is 0 Å². The number of carbonyl (C=O) groups is 1. The zero-order valence-corrected chi connectivity index (χ0v) is 12.8. The van der Waals surface area contributed by atoms with Gasteiger partial charge in [-0.05, 0) is 32.9 Å². The molecule has 1 rings (SSSR count). The lowest BCUT2D eigenvalue weighted by atomic mass is 10.3. The molecule has 0 bridgehead atoms. The number of ether oxygens (including phenoxy) is 1. The molecule has 0 atom stereocenters. The minimum absolute atomic E-state index is 0.107. The molecule has 21 heavy (non-hydrogen) atoms. The number of nitrogens with zero attached hydrogens (tertiary/aromatic N) is 1. The fourth-order valence-electron chi connectivity index (χ4n) is 1.69. The van der Waals surface area contributed by atoms with Crippen molar-refractivity contribution in [1.29, 1.82) is 0 Å². The molecule has 0 unspecified atom stereocenters. The second-order valence-corrected chi connectivity index (χ2v) is 6.38. The second kappa shape index (κ2) is 6.95. The Morgan fingerprint density at radius 2 is 1.95 bits per heavy atom. The van der Waals surface area contributed by atoms with Gasteiger partial charge >= 0.3 is 5.97 Å². The van der Waals surface area contributed by atoms with Crippen molar-refractivity contribution in [3.05, 3.63) is 29.8 Å². The average molecular weight is 321 g/mol. The van der Waals surface area contributed by atoms with Gasteiger partial charge in [0.25, 0.3) is 0 Å². The smallest absolute Gasteiger partial charge is 0.321 e. The first-order chi connectivity index (χ1) is 9.70. The van der Waals surface area contributed by atoms with Crippen LogP contribution >= 0.6 is 0 Å². The summed E-state index contributed by atoms with van der Waals surface area (Å²) < 4.78 is 56.9. The molecule has 0 aliphatic rings. The van der Waals surface area contributed by atoms with E-state index in [-0.39, 0.29) is 6.61 Å². The van der Waals surface area contributed by atoms with Crippen molar-refractivity contribution in [2.45, 2.75) is 31.7 Å². The van der Waals surface area contributed by atoms with E-state index in [1.54, 1.807) is 6.92 Å². The molecule has 0 radical (unpaired) electrons. The second-order valence-electron chi connectivity index (χ2n) is 4.52. The Labute approximate surface area is 122 Å². The Balaban J connectivity index is 3.19. The van der Waals surface area contributed by atoms with Crippen molar-refractivity contribution in [3.8, 4) is 0 Å². The molecule has 0 saturated carbocycles. The van der Waals surface area contributed by atoms with Gasteiger partial charge in [0.2, 0.25) is 10.0 Å². The fraction of sp³-hybridized carbons (Fsp3) is 0.462. The van der Waals surface area contributed by atoms with Crippen LogP contribution in [0.3, 0.4) is 0 Å². The Bertz CT molecular complexity index is 617. The van der Waals surface area contributed by atoms with Crippen molar-refractivity contribution in [3.63, 3.8) is 0 Å². The maximum Gasteiger partial charge on any atom is 0.321 e. The van der Waals surface area contributed by atoms with Gasteiger partial charge in [0.1, 0.15) is 23.1 Å². The summed E-state index contributed by atoms with van der Waals surface area (Å²) >= 11 is 0. The summed E-state index contributed by atoms with van der Waals surface area (Å²) in [5.41, 5.74) is 0. The van der Waals surface area contributed by atoms with Gasteiger partial charge < -0.3 is 4.74 Å². The SMILES string of the molecule is CCOC(=O)CN(C(C)C)S(=O)(=O)c1ccc(F)cc1F. The van der Waals surface area contributed by atoms with E-state index in [0.717, 1.165) is 16.4 Å². The molecule has 0 aliphatic carbocycles. The number of benzene rings is 1. The van der Waals surface area contributed by atoms with Crippen LogP contribution < -0.4 is 0 Å². The van der Waals surface area contributed by atoms with Gasteiger partial charge in [-0.15, -0.1) is 0 Å². The lowest BCUT2D eigenvalue weighted by Gasteiger charge is -2.25. The molecule has 1 aromatic carbocycles. The molecule has 0 amide bonds.